The van der Waals surface area contributed by atoms with Crippen LogP contribution in [-0.2, 0) is 12.1 Å². The van der Waals surface area contributed by atoms with Crippen LogP contribution in [0.5, 0.6) is 0 Å². The highest BCUT2D eigenvalue weighted by Gasteiger charge is 2.60. The molecule has 0 aliphatic heterocycles. The molecule has 144 valence electrons. The fourth-order valence-electron chi connectivity index (χ4n) is 6.37. The second-order valence-corrected chi connectivity index (χ2v) is 9.04. The predicted molar refractivity (Wildman–Crippen MR) is 97.9 cm³/mol. The molecule has 0 aromatic carbocycles. The molecular formula is C19H27N7O. The van der Waals surface area contributed by atoms with Gasteiger partial charge in [-0.1, -0.05) is 6.92 Å². The van der Waals surface area contributed by atoms with Crippen molar-refractivity contribution >= 4 is 5.91 Å². The van der Waals surface area contributed by atoms with Gasteiger partial charge in [-0.15, -0.1) is 10.2 Å². The molecule has 4 saturated carbocycles. The van der Waals surface area contributed by atoms with Crippen molar-refractivity contribution in [2.45, 2.75) is 76.4 Å². The Balaban J connectivity index is 1.42. The van der Waals surface area contributed by atoms with Gasteiger partial charge < -0.3 is 5.32 Å². The molecule has 0 spiro atoms. The highest BCUT2D eigenvalue weighted by Crippen LogP contribution is 2.60. The Bertz CT molecular complexity index is 842. The SMILES string of the molecule is CCCn1cc(C(=O)NC23CC4CC(C2)CC(n2ncnn2)(C4)C3)c(C)n1. The summed E-state index contributed by atoms with van der Waals surface area (Å²) < 4.78 is 1.88. The molecule has 4 aliphatic rings. The third-order valence-corrected chi connectivity index (χ3v) is 6.83. The van der Waals surface area contributed by atoms with Crippen molar-refractivity contribution < 1.29 is 4.79 Å². The molecule has 2 aromatic rings. The van der Waals surface area contributed by atoms with E-state index in [4.69, 9.17) is 0 Å². The van der Waals surface area contributed by atoms with Crippen LogP contribution < -0.4 is 5.32 Å². The van der Waals surface area contributed by atoms with Gasteiger partial charge in [-0.25, -0.2) is 0 Å². The molecule has 8 heteroatoms. The summed E-state index contributed by atoms with van der Waals surface area (Å²) in [6.45, 7) is 4.87. The minimum atomic E-state index is -0.159. The summed E-state index contributed by atoms with van der Waals surface area (Å²) >= 11 is 0. The normalized spacial score (nSPS) is 34.1. The summed E-state index contributed by atoms with van der Waals surface area (Å²) in [4.78, 5) is 15.0. The Kier molecular flexibility index (Phi) is 3.67. The number of carbonyl (C=O) groups excluding carboxylic acids is 1. The van der Waals surface area contributed by atoms with Gasteiger partial charge in [0.25, 0.3) is 5.91 Å². The van der Waals surface area contributed by atoms with Crippen LogP contribution in [0.25, 0.3) is 0 Å². The topological polar surface area (TPSA) is 90.5 Å². The molecule has 2 heterocycles. The highest BCUT2D eigenvalue weighted by atomic mass is 16.1. The van der Waals surface area contributed by atoms with Gasteiger partial charge in [0.1, 0.15) is 0 Å². The van der Waals surface area contributed by atoms with E-state index in [1.54, 1.807) is 0 Å². The molecule has 1 amide bonds. The van der Waals surface area contributed by atoms with E-state index in [-0.39, 0.29) is 17.0 Å². The first-order valence-electron chi connectivity index (χ1n) is 10.1. The zero-order valence-electron chi connectivity index (χ0n) is 16.1. The van der Waals surface area contributed by atoms with Crippen LogP contribution >= 0.6 is 0 Å². The van der Waals surface area contributed by atoms with Crippen molar-refractivity contribution in [2.75, 3.05) is 0 Å². The molecule has 27 heavy (non-hydrogen) atoms. The van der Waals surface area contributed by atoms with Crippen molar-refractivity contribution in [3.63, 3.8) is 0 Å². The van der Waals surface area contributed by atoms with E-state index >= 15 is 0 Å². The van der Waals surface area contributed by atoms with Crippen LogP contribution in [0.2, 0.25) is 0 Å². The molecule has 6 rings (SSSR count). The minimum Gasteiger partial charge on any atom is -0.346 e. The van der Waals surface area contributed by atoms with E-state index in [1.165, 1.54) is 12.7 Å². The number of nitrogens with one attached hydrogen (secondary N) is 1. The molecule has 4 bridgehead atoms. The zero-order chi connectivity index (χ0) is 18.6. The Morgan fingerprint density at radius 1 is 1.30 bits per heavy atom. The highest BCUT2D eigenvalue weighted by molar-refractivity contribution is 5.95. The average molecular weight is 369 g/mol. The number of nitrogens with zero attached hydrogens (tertiary/aromatic N) is 6. The molecule has 0 radical (unpaired) electrons. The standard InChI is InChI=1S/C19H27N7O/c1-3-4-25-10-16(13(2)23-25)17(27)22-18-6-14-5-15(7-18)9-19(8-14,11-18)26-21-12-20-24-26/h10,12,14-15H,3-9,11H2,1-2H3,(H,22,27). The van der Waals surface area contributed by atoms with E-state index in [0.29, 0.717) is 17.4 Å². The van der Waals surface area contributed by atoms with Gasteiger partial charge in [0, 0.05) is 18.3 Å². The lowest BCUT2D eigenvalue weighted by molar-refractivity contribution is -0.0810. The fourth-order valence-corrected chi connectivity index (χ4v) is 6.37. The lowest BCUT2D eigenvalue weighted by Crippen LogP contribution is -2.66. The van der Waals surface area contributed by atoms with Gasteiger partial charge in [0.05, 0.1) is 16.8 Å². The number of tetrazole rings is 1. The summed E-state index contributed by atoms with van der Waals surface area (Å²) in [5.74, 6) is 1.27. The van der Waals surface area contributed by atoms with Gasteiger partial charge >= 0.3 is 0 Å². The van der Waals surface area contributed by atoms with E-state index < -0.39 is 0 Å². The van der Waals surface area contributed by atoms with E-state index in [1.807, 2.05) is 22.6 Å². The van der Waals surface area contributed by atoms with Gasteiger partial charge in [-0.05, 0) is 68.9 Å². The largest absolute Gasteiger partial charge is 0.346 e. The van der Waals surface area contributed by atoms with Crippen LogP contribution in [0.4, 0.5) is 0 Å². The number of aryl methyl sites for hydroxylation is 2. The minimum absolute atomic E-state index is 0.0125. The van der Waals surface area contributed by atoms with E-state index in [2.05, 4.69) is 32.7 Å². The predicted octanol–water partition coefficient (Wildman–Crippen LogP) is 2.07. The summed E-state index contributed by atoms with van der Waals surface area (Å²) in [6.07, 6.45) is 10.9. The van der Waals surface area contributed by atoms with Crippen LogP contribution in [0.1, 0.15) is 67.9 Å². The maximum Gasteiger partial charge on any atom is 0.255 e. The van der Waals surface area contributed by atoms with E-state index in [0.717, 1.165) is 50.8 Å². The molecule has 2 aromatic heterocycles. The lowest BCUT2D eigenvalue weighted by Gasteiger charge is -2.61. The zero-order valence-corrected chi connectivity index (χ0v) is 16.1. The Morgan fingerprint density at radius 3 is 2.74 bits per heavy atom. The molecule has 2 unspecified atom stereocenters. The maximum atomic E-state index is 13.1. The first kappa shape index (κ1) is 16.9. The molecular weight excluding hydrogens is 342 g/mol. The molecule has 0 saturated heterocycles. The van der Waals surface area contributed by atoms with Crippen LogP contribution in [-0.4, -0.2) is 41.4 Å². The summed E-state index contributed by atoms with van der Waals surface area (Å²) in [6, 6.07) is 0. The summed E-state index contributed by atoms with van der Waals surface area (Å²) in [5.41, 5.74) is 1.26. The lowest BCUT2D eigenvalue weighted by atomic mass is 9.50. The van der Waals surface area contributed by atoms with Gasteiger partial charge in [-0.3, -0.25) is 9.48 Å². The van der Waals surface area contributed by atoms with Crippen molar-refractivity contribution in [3.05, 3.63) is 23.8 Å². The number of hydrogen-bond acceptors (Lipinski definition) is 5. The second kappa shape index (κ2) is 5.87. The number of aromatic nitrogens is 6. The van der Waals surface area contributed by atoms with Crippen molar-refractivity contribution in [3.8, 4) is 0 Å². The quantitative estimate of drug-likeness (QED) is 0.871. The van der Waals surface area contributed by atoms with E-state index in [9.17, 15) is 4.79 Å². The smallest absolute Gasteiger partial charge is 0.255 e. The number of rotatable bonds is 5. The third kappa shape index (κ3) is 2.68. The average Bonchev–Trinajstić information content (AvgIpc) is 3.24. The first-order chi connectivity index (χ1) is 13.0. The Morgan fingerprint density at radius 2 is 2.07 bits per heavy atom. The molecule has 8 nitrogen and oxygen atoms in total. The number of carbonyl (C=O) groups is 1. The molecule has 4 fully saturated rings. The maximum absolute atomic E-state index is 13.1. The van der Waals surface area contributed by atoms with Gasteiger partial charge in [0.15, 0.2) is 6.33 Å². The first-order valence-corrected chi connectivity index (χ1v) is 10.1. The van der Waals surface area contributed by atoms with Crippen molar-refractivity contribution in [2.24, 2.45) is 11.8 Å². The fraction of sp³-hybridized carbons (Fsp3) is 0.737. The van der Waals surface area contributed by atoms with Crippen LogP contribution in [0.3, 0.4) is 0 Å². The van der Waals surface area contributed by atoms with Crippen molar-refractivity contribution in [1.29, 1.82) is 0 Å². The van der Waals surface area contributed by atoms with Gasteiger partial charge in [-0.2, -0.15) is 9.90 Å². The molecule has 4 aliphatic carbocycles. The third-order valence-electron chi connectivity index (χ3n) is 6.83. The summed E-state index contributed by atoms with van der Waals surface area (Å²) in [5, 5.41) is 20.5. The van der Waals surface area contributed by atoms with Crippen LogP contribution in [0.15, 0.2) is 12.5 Å². The second-order valence-electron chi connectivity index (χ2n) is 9.04. The molecule has 1 N–H and O–H groups in total. The number of hydrogen-bond donors (Lipinski definition) is 1. The Labute approximate surface area is 158 Å². The molecule has 2 atom stereocenters. The summed E-state index contributed by atoms with van der Waals surface area (Å²) in [7, 11) is 0. The van der Waals surface area contributed by atoms with Crippen molar-refractivity contribution in [1.82, 2.24) is 35.3 Å². The number of amides is 1. The van der Waals surface area contributed by atoms with Gasteiger partial charge in [0.2, 0.25) is 0 Å². The Hall–Kier alpha value is -2.25. The van der Waals surface area contributed by atoms with Crippen LogP contribution in [0, 0.1) is 18.8 Å². The monoisotopic (exact) mass is 369 g/mol.